The Morgan fingerprint density at radius 2 is 2.00 bits per heavy atom. The van der Waals surface area contributed by atoms with Crippen molar-refractivity contribution in [2.24, 2.45) is 5.92 Å². The number of thioether (sulfide) groups is 1. The second-order valence-electron chi connectivity index (χ2n) is 6.16. The smallest absolute Gasteiger partial charge is 0.409 e. The Bertz CT molecular complexity index is 479. The van der Waals surface area contributed by atoms with E-state index in [1.165, 1.54) is 7.11 Å². The molecule has 2 aliphatic rings. The van der Waals surface area contributed by atoms with Gasteiger partial charge in [0, 0.05) is 13.1 Å². The first-order valence-electron chi connectivity index (χ1n) is 8.42. The number of amides is 2. The lowest BCUT2D eigenvalue weighted by Gasteiger charge is -2.37. The van der Waals surface area contributed by atoms with Gasteiger partial charge in [0.25, 0.3) is 0 Å². The van der Waals surface area contributed by atoms with Crippen LogP contribution < -0.4 is 5.32 Å². The highest BCUT2D eigenvalue weighted by molar-refractivity contribution is 7.99. The summed E-state index contributed by atoms with van der Waals surface area (Å²) in [6.07, 6.45) is 2.22. The molecule has 2 rings (SSSR count). The van der Waals surface area contributed by atoms with Gasteiger partial charge in [0.1, 0.15) is 5.54 Å². The summed E-state index contributed by atoms with van der Waals surface area (Å²) in [6.45, 7) is 3.00. The number of esters is 1. The lowest BCUT2D eigenvalue weighted by Crippen LogP contribution is -2.59. The number of carbonyl (C=O) groups excluding carboxylic acids is 3. The zero-order valence-corrected chi connectivity index (χ0v) is 15.2. The molecule has 0 unspecified atom stereocenters. The van der Waals surface area contributed by atoms with E-state index in [9.17, 15) is 14.4 Å². The predicted molar refractivity (Wildman–Crippen MR) is 90.8 cm³/mol. The van der Waals surface area contributed by atoms with Crippen LogP contribution in [0.4, 0.5) is 4.79 Å². The van der Waals surface area contributed by atoms with Crippen LogP contribution in [-0.2, 0) is 19.1 Å². The number of hydrogen-bond donors (Lipinski definition) is 1. The number of carbonyl (C=O) groups is 3. The van der Waals surface area contributed by atoms with Crippen LogP contribution in [0.5, 0.6) is 0 Å². The van der Waals surface area contributed by atoms with Crippen LogP contribution in [0.25, 0.3) is 0 Å². The molecule has 136 valence electrons. The van der Waals surface area contributed by atoms with Gasteiger partial charge in [-0.1, -0.05) is 0 Å². The van der Waals surface area contributed by atoms with Crippen LogP contribution in [0.1, 0.15) is 32.6 Å². The molecule has 0 aromatic rings. The molecular weight excluding hydrogens is 332 g/mol. The van der Waals surface area contributed by atoms with Gasteiger partial charge >= 0.3 is 12.1 Å². The van der Waals surface area contributed by atoms with Crippen LogP contribution >= 0.6 is 11.8 Å². The maximum Gasteiger partial charge on any atom is 0.409 e. The lowest BCUT2D eigenvalue weighted by molar-refractivity contribution is -0.152. The van der Waals surface area contributed by atoms with Crippen molar-refractivity contribution in [2.45, 2.75) is 38.1 Å². The van der Waals surface area contributed by atoms with Gasteiger partial charge in [0.2, 0.25) is 5.91 Å². The van der Waals surface area contributed by atoms with Crippen molar-refractivity contribution in [1.82, 2.24) is 10.2 Å². The molecule has 2 saturated heterocycles. The fraction of sp³-hybridized carbons (Fsp3) is 0.812. The number of nitrogens with zero attached hydrogens (tertiary/aromatic N) is 1. The quantitative estimate of drug-likeness (QED) is 0.765. The number of rotatable bonds is 4. The van der Waals surface area contributed by atoms with E-state index in [4.69, 9.17) is 9.47 Å². The first-order valence-corrected chi connectivity index (χ1v) is 9.58. The van der Waals surface area contributed by atoms with Crippen LogP contribution in [0.3, 0.4) is 0 Å². The van der Waals surface area contributed by atoms with Gasteiger partial charge in [-0.05, 0) is 44.1 Å². The van der Waals surface area contributed by atoms with Gasteiger partial charge in [-0.15, -0.1) is 0 Å². The molecule has 0 radical (unpaired) electrons. The Hall–Kier alpha value is -1.44. The minimum atomic E-state index is -0.927. The third kappa shape index (κ3) is 4.34. The minimum absolute atomic E-state index is 0.179. The zero-order chi connectivity index (χ0) is 17.6. The van der Waals surface area contributed by atoms with E-state index in [0.29, 0.717) is 39.0 Å². The van der Waals surface area contributed by atoms with E-state index in [0.717, 1.165) is 17.9 Å². The summed E-state index contributed by atoms with van der Waals surface area (Å²) in [5, 5.41) is 2.94. The van der Waals surface area contributed by atoms with Gasteiger partial charge in [0.05, 0.1) is 19.6 Å². The van der Waals surface area contributed by atoms with Crippen LogP contribution in [-0.4, -0.2) is 66.7 Å². The number of piperidine rings is 1. The Labute approximate surface area is 146 Å². The number of ether oxygens (including phenoxy) is 2. The summed E-state index contributed by atoms with van der Waals surface area (Å²) < 4.78 is 9.94. The Morgan fingerprint density at radius 3 is 2.62 bits per heavy atom. The van der Waals surface area contributed by atoms with Crippen molar-refractivity contribution in [2.75, 3.05) is 38.3 Å². The first-order chi connectivity index (χ1) is 11.5. The van der Waals surface area contributed by atoms with Gasteiger partial charge in [0.15, 0.2) is 0 Å². The fourth-order valence-corrected chi connectivity index (χ4v) is 4.39. The molecular formula is C16H26N2O5S. The number of hydrogen-bond acceptors (Lipinski definition) is 6. The molecule has 0 spiro atoms. The van der Waals surface area contributed by atoms with E-state index < -0.39 is 5.54 Å². The van der Waals surface area contributed by atoms with Gasteiger partial charge < -0.3 is 19.7 Å². The third-order valence-corrected chi connectivity index (χ3v) is 5.59. The molecule has 24 heavy (non-hydrogen) atoms. The molecule has 2 aliphatic heterocycles. The Morgan fingerprint density at radius 1 is 1.29 bits per heavy atom. The SMILES string of the molecule is CCOC(=O)N1CCC[C@@H](C(=O)NC2(C(=O)OC)CCSCC2)C1. The summed E-state index contributed by atoms with van der Waals surface area (Å²) in [5.41, 5.74) is -0.927. The van der Waals surface area contributed by atoms with Gasteiger partial charge in [-0.3, -0.25) is 4.79 Å². The predicted octanol–water partition coefficient (Wildman–Crippen LogP) is 1.41. The Kier molecular flexibility index (Phi) is 6.77. The highest BCUT2D eigenvalue weighted by Gasteiger charge is 2.43. The molecule has 0 aromatic heterocycles. The monoisotopic (exact) mass is 358 g/mol. The maximum absolute atomic E-state index is 12.7. The molecule has 0 saturated carbocycles. The number of likely N-dealkylation sites (tertiary alicyclic amines) is 1. The van der Waals surface area contributed by atoms with Crippen LogP contribution in [0.2, 0.25) is 0 Å². The molecule has 2 fully saturated rings. The van der Waals surface area contributed by atoms with Crippen LogP contribution in [0.15, 0.2) is 0 Å². The van der Waals surface area contributed by atoms with Crippen molar-refractivity contribution in [1.29, 1.82) is 0 Å². The molecule has 2 amide bonds. The number of methoxy groups -OCH3 is 1. The summed E-state index contributed by atoms with van der Waals surface area (Å²) in [6, 6.07) is 0. The molecule has 2 heterocycles. The molecule has 1 N–H and O–H groups in total. The normalized spacial score (nSPS) is 23.2. The first kappa shape index (κ1) is 18.9. The average molecular weight is 358 g/mol. The summed E-state index contributed by atoms with van der Waals surface area (Å²) in [5.74, 6) is 0.749. The van der Waals surface area contributed by atoms with Gasteiger partial charge in [-0.2, -0.15) is 11.8 Å². The standard InChI is InChI=1S/C16H26N2O5S/c1-3-23-15(21)18-8-4-5-12(11-18)13(19)17-16(14(20)22-2)6-9-24-10-7-16/h12H,3-11H2,1-2H3,(H,17,19)/t12-/m1/s1. The highest BCUT2D eigenvalue weighted by Crippen LogP contribution is 2.29. The van der Waals surface area contributed by atoms with Crippen molar-refractivity contribution < 1.29 is 23.9 Å². The average Bonchev–Trinajstić information content (AvgIpc) is 2.62. The van der Waals surface area contributed by atoms with E-state index in [1.807, 2.05) is 0 Å². The molecule has 0 bridgehead atoms. The maximum atomic E-state index is 12.7. The second-order valence-corrected chi connectivity index (χ2v) is 7.38. The zero-order valence-electron chi connectivity index (χ0n) is 14.3. The molecule has 0 aliphatic carbocycles. The molecule has 1 atom stereocenters. The van der Waals surface area contributed by atoms with Crippen molar-refractivity contribution in [3.8, 4) is 0 Å². The molecule has 7 nitrogen and oxygen atoms in total. The molecule has 0 aromatic carbocycles. The lowest BCUT2D eigenvalue weighted by atomic mass is 9.89. The Balaban J connectivity index is 2.01. The summed E-state index contributed by atoms with van der Waals surface area (Å²) >= 11 is 1.77. The van der Waals surface area contributed by atoms with Gasteiger partial charge in [-0.25, -0.2) is 9.59 Å². The highest BCUT2D eigenvalue weighted by atomic mass is 32.2. The molecule has 8 heteroatoms. The fourth-order valence-electron chi connectivity index (χ4n) is 3.21. The van der Waals surface area contributed by atoms with E-state index in [2.05, 4.69) is 5.32 Å². The topological polar surface area (TPSA) is 84.9 Å². The summed E-state index contributed by atoms with van der Waals surface area (Å²) in [4.78, 5) is 38.4. The number of nitrogens with one attached hydrogen (secondary N) is 1. The van der Waals surface area contributed by atoms with E-state index in [-0.39, 0.29) is 23.9 Å². The van der Waals surface area contributed by atoms with Crippen molar-refractivity contribution in [3.63, 3.8) is 0 Å². The second kappa shape index (κ2) is 8.60. The largest absolute Gasteiger partial charge is 0.467 e. The van der Waals surface area contributed by atoms with Crippen molar-refractivity contribution in [3.05, 3.63) is 0 Å². The third-order valence-electron chi connectivity index (χ3n) is 4.60. The minimum Gasteiger partial charge on any atom is -0.467 e. The van der Waals surface area contributed by atoms with Crippen molar-refractivity contribution >= 4 is 29.7 Å². The van der Waals surface area contributed by atoms with E-state index in [1.54, 1.807) is 23.6 Å². The van der Waals surface area contributed by atoms with E-state index >= 15 is 0 Å². The summed E-state index contributed by atoms with van der Waals surface area (Å²) in [7, 11) is 1.35. The van der Waals surface area contributed by atoms with Crippen LogP contribution in [0, 0.1) is 5.92 Å².